The van der Waals surface area contributed by atoms with Gasteiger partial charge in [0.15, 0.2) is 0 Å². The smallest absolute Gasteiger partial charge is 0.255 e. The number of aromatic nitrogens is 2. The first-order valence-electron chi connectivity index (χ1n) is 11.8. The maximum absolute atomic E-state index is 14.6. The van der Waals surface area contributed by atoms with Gasteiger partial charge in [0.1, 0.15) is 17.5 Å². The van der Waals surface area contributed by atoms with Crippen molar-refractivity contribution >= 4 is 34.4 Å². The number of carbonyl (C=O) groups excluding carboxylic acids is 3. The molecule has 180 valence electrons. The van der Waals surface area contributed by atoms with E-state index in [2.05, 4.69) is 31.2 Å². The van der Waals surface area contributed by atoms with Crippen LogP contribution in [0.1, 0.15) is 34.5 Å². The number of nitrogens with zero attached hydrogens (tertiary/aromatic N) is 4. The lowest BCUT2D eigenvalue weighted by molar-refractivity contribution is -0.136. The standard InChI is InChI=1S/C25H25FN6O3/c26-16-11-18-19(14-32(25(18)35)20-3-4-22(33)29-24(20)34)21(12-16)31-9-7-30(8-10-31)13-17-2-1-15-5-6-27-23(15)28-17/h1-2,5-6,11-12,20H,3-4,7-10,13-14H2,(H,27,28)(H,29,33,34). The Morgan fingerprint density at radius 2 is 1.89 bits per heavy atom. The molecule has 0 spiro atoms. The van der Waals surface area contributed by atoms with Crippen LogP contribution in [0, 0.1) is 5.82 Å². The fraction of sp³-hybridized carbons (Fsp3) is 0.360. The number of aromatic amines is 1. The SMILES string of the molecule is O=C1CCC(N2Cc3c(cc(F)cc3N3CCN(Cc4ccc5cc[nH]c5n4)CC3)C2=O)C(=O)N1. The first-order chi connectivity index (χ1) is 17.0. The van der Waals surface area contributed by atoms with Gasteiger partial charge in [0.2, 0.25) is 11.8 Å². The number of benzene rings is 1. The Labute approximate surface area is 200 Å². The third kappa shape index (κ3) is 3.93. The van der Waals surface area contributed by atoms with Gasteiger partial charge in [-0.3, -0.25) is 24.6 Å². The van der Waals surface area contributed by atoms with E-state index in [9.17, 15) is 18.8 Å². The minimum atomic E-state index is -0.718. The van der Waals surface area contributed by atoms with E-state index in [1.54, 1.807) is 0 Å². The zero-order valence-corrected chi connectivity index (χ0v) is 19.1. The van der Waals surface area contributed by atoms with E-state index >= 15 is 0 Å². The Morgan fingerprint density at radius 3 is 2.69 bits per heavy atom. The van der Waals surface area contributed by atoms with Gasteiger partial charge in [-0.15, -0.1) is 0 Å². The van der Waals surface area contributed by atoms with E-state index in [0.29, 0.717) is 24.3 Å². The number of imide groups is 1. The quantitative estimate of drug-likeness (QED) is 0.557. The van der Waals surface area contributed by atoms with E-state index < -0.39 is 17.8 Å². The number of hydrogen-bond donors (Lipinski definition) is 2. The first kappa shape index (κ1) is 21.7. The lowest BCUT2D eigenvalue weighted by Crippen LogP contribution is -2.52. The van der Waals surface area contributed by atoms with E-state index in [1.165, 1.54) is 17.0 Å². The highest BCUT2D eigenvalue weighted by molar-refractivity contribution is 6.06. The molecule has 6 rings (SSSR count). The third-order valence-corrected chi connectivity index (χ3v) is 7.16. The Balaban J connectivity index is 1.17. The molecular formula is C25H25FN6O3. The number of piperidine rings is 1. The molecule has 5 heterocycles. The van der Waals surface area contributed by atoms with Crippen molar-refractivity contribution in [2.45, 2.75) is 32.0 Å². The number of piperazine rings is 1. The maximum atomic E-state index is 14.6. The molecule has 3 amide bonds. The average Bonchev–Trinajstić information content (AvgIpc) is 3.44. The van der Waals surface area contributed by atoms with Crippen LogP contribution in [-0.2, 0) is 22.7 Å². The van der Waals surface area contributed by atoms with Crippen molar-refractivity contribution in [1.82, 2.24) is 25.1 Å². The third-order valence-electron chi connectivity index (χ3n) is 7.16. The molecule has 2 fully saturated rings. The van der Waals surface area contributed by atoms with Crippen molar-refractivity contribution in [3.8, 4) is 0 Å². The molecule has 0 saturated carbocycles. The minimum Gasteiger partial charge on any atom is -0.369 e. The van der Waals surface area contributed by atoms with E-state index in [4.69, 9.17) is 0 Å². The summed E-state index contributed by atoms with van der Waals surface area (Å²) in [6, 6.07) is 8.12. The molecule has 2 aromatic heterocycles. The fourth-order valence-electron chi connectivity index (χ4n) is 5.32. The second-order valence-corrected chi connectivity index (χ2v) is 9.33. The average molecular weight is 477 g/mol. The van der Waals surface area contributed by atoms with Gasteiger partial charge < -0.3 is 14.8 Å². The second kappa shape index (κ2) is 8.46. The van der Waals surface area contributed by atoms with Gasteiger partial charge in [-0.2, -0.15) is 0 Å². The monoisotopic (exact) mass is 476 g/mol. The molecule has 3 aliphatic rings. The summed E-state index contributed by atoms with van der Waals surface area (Å²) in [5.74, 6) is -1.63. The molecule has 0 aliphatic carbocycles. The van der Waals surface area contributed by atoms with Crippen LogP contribution in [-0.4, -0.2) is 69.7 Å². The van der Waals surface area contributed by atoms with Crippen LogP contribution in [0.15, 0.2) is 36.5 Å². The Bertz CT molecular complexity index is 1350. The molecule has 10 heteroatoms. The van der Waals surface area contributed by atoms with Gasteiger partial charge in [0.25, 0.3) is 5.91 Å². The molecule has 0 bridgehead atoms. The number of anilines is 1. The molecule has 9 nitrogen and oxygen atoms in total. The number of hydrogen-bond acceptors (Lipinski definition) is 6. The van der Waals surface area contributed by atoms with Gasteiger partial charge in [-0.05, 0) is 36.8 Å². The van der Waals surface area contributed by atoms with E-state index in [1.807, 2.05) is 18.3 Å². The topological polar surface area (TPSA) is 102 Å². The van der Waals surface area contributed by atoms with Crippen LogP contribution in [0.4, 0.5) is 10.1 Å². The van der Waals surface area contributed by atoms with Gasteiger partial charge in [-0.1, -0.05) is 0 Å². The van der Waals surface area contributed by atoms with Gasteiger partial charge in [-0.25, -0.2) is 9.37 Å². The van der Waals surface area contributed by atoms with Gasteiger partial charge >= 0.3 is 0 Å². The first-order valence-corrected chi connectivity index (χ1v) is 11.8. The number of H-pyrrole nitrogens is 1. The number of halogens is 1. The molecule has 1 atom stereocenters. The minimum absolute atomic E-state index is 0.186. The van der Waals surface area contributed by atoms with Crippen LogP contribution in [0.2, 0.25) is 0 Å². The Morgan fingerprint density at radius 1 is 1.06 bits per heavy atom. The number of fused-ring (bicyclic) bond motifs is 2. The van der Waals surface area contributed by atoms with E-state index in [0.717, 1.165) is 41.9 Å². The molecule has 1 aromatic carbocycles. The van der Waals surface area contributed by atoms with Crippen LogP contribution >= 0.6 is 0 Å². The lowest BCUT2D eigenvalue weighted by atomic mass is 10.0. The van der Waals surface area contributed by atoms with Crippen LogP contribution in [0.3, 0.4) is 0 Å². The van der Waals surface area contributed by atoms with Gasteiger partial charge in [0, 0.05) is 74.1 Å². The van der Waals surface area contributed by atoms with Crippen molar-refractivity contribution in [2.24, 2.45) is 0 Å². The summed E-state index contributed by atoms with van der Waals surface area (Å²) in [5.41, 5.74) is 3.62. The maximum Gasteiger partial charge on any atom is 0.255 e. The number of carbonyl (C=O) groups is 3. The second-order valence-electron chi connectivity index (χ2n) is 9.33. The highest BCUT2D eigenvalue weighted by atomic mass is 19.1. The lowest BCUT2D eigenvalue weighted by Gasteiger charge is -2.37. The van der Waals surface area contributed by atoms with Crippen molar-refractivity contribution < 1.29 is 18.8 Å². The predicted octanol–water partition coefficient (Wildman–Crippen LogP) is 1.79. The summed E-state index contributed by atoms with van der Waals surface area (Å²) < 4.78 is 14.6. The molecule has 3 aliphatic heterocycles. The molecule has 2 N–H and O–H groups in total. The Hall–Kier alpha value is -3.79. The molecular weight excluding hydrogens is 451 g/mol. The summed E-state index contributed by atoms with van der Waals surface area (Å²) in [5, 5.41) is 3.39. The van der Waals surface area contributed by atoms with Crippen LogP contribution < -0.4 is 10.2 Å². The van der Waals surface area contributed by atoms with Gasteiger partial charge in [0.05, 0.1) is 5.69 Å². The predicted molar refractivity (Wildman–Crippen MR) is 126 cm³/mol. The largest absolute Gasteiger partial charge is 0.369 e. The van der Waals surface area contributed by atoms with Crippen molar-refractivity contribution in [2.75, 3.05) is 31.1 Å². The zero-order chi connectivity index (χ0) is 24.1. The van der Waals surface area contributed by atoms with Crippen molar-refractivity contribution in [3.05, 3.63) is 59.2 Å². The molecule has 3 aromatic rings. The molecule has 2 saturated heterocycles. The van der Waals surface area contributed by atoms with Crippen molar-refractivity contribution in [1.29, 1.82) is 0 Å². The summed E-state index contributed by atoms with van der Waals surface area (Å²) in [7, 11) is 0. The molecule has 1 unspecified atom stereocenters. The Kier molecular flexibility index (Phi) is 5.25. The summed E-state index contributed by atoms with van der Waals surface area (Å²) in [4.78, 5) is 50.7. The fourth-order valence-corrected chi connectivity index (χ4v) is 5.32. The molecule has 35 heavy (non-hydrogen) atoms. The normalized spacial score (nSPS) is 21.1. The molecule has 0 radical (unpaired) electrons. The number of rotatable bonds is 4. The number of amides is 3. The zero-order valence-electron chi connectivity index (χ0n) is 19.1. The van der Waals surface area contributed by atoms with E-state index in [-0.39, 0.29) is 31.2 Å². The van der Waals surface area contributed by atoms with Crippen LogP contribution in [0.25, 0.3) is 11.0 Å². The highest BCUT2D eigenvalue weighted by Crippen LogP contribution is 2.35. The van der Waals surface area contributed by atoms with Crippen LogP contribution in [0.5, 0.6) is 0 Å². The highest BCUT2D eigenvalue weighted by Gasteiger charge is 2.41. The summed E-state index contributed by atoms with van der Waals surface area (Å²) >= 11 is 0. The summed E-state index contributed by atoms with van der Waals surface area (Å²) in [6.07, 6.45) is 2.35. The summed E-state index contributed by atoms with van der Waals surface area (Å²) in [6.45, 7) is 3.89. The number of pyridine rings is 1. The number of nitrogens with one attached hydrogen (secondary N) is 2. The van der Waals surface area contributed by atoms with Crippen molar-refractivity contribution in [3.63, 3.8) is 0 Å².